The van der Waals surface area contributed by atoms with E-state index in [1.807, 2.05) is 0 Å². The van der Waals surface area contributed by atoms with Crippen molar-refractivity contribution in [3.8, 4) is 22.3 Å². The van der Waals surface area contributed by atoms with Gasteiger partial charge in [0.05, 0.1) is 5.69 Å². The summed E-state index contributed by atoms with van der Waals surface area (Å²) in [6.45, 7) is 4.75. The minimum atomic E-state index is 0.803. The van der Waals surface area contributed by atoms with E-state index in [9.17, 15) is 0 Å². The highest BCUT2D eigenvalue weighted by Gasteiger charge is 2.18. The van der Waals surface area contributed by atoms with Crippen LogP contribution in [-0.4, -0.2) is 0 Å². The monoisotopic (exact) mass is 677 g/mol. The summed E-state index contributed by atoms with van der Waals surface area (Å²) in [5.74, 6) is 0. The molecule has 0 aromatic heterocycles. The van der Waals surface area contributed by atoms with E-state index in [1.165, 1.54) is 70.9 Å². The van der Waals surface area contributed by atoms with Gasteiger partial charge in [0.1, 0.15) is 0 Å². The highest BCUT2D eigenvalue weighted by atomic mass is 15.1. The number of fused-ring (bicyclic) bond motifs is 6. The minimum Gasteiger partial charge on any atom is -0.314 e. The summed E-state index contributed by atoms with van der Waals surface area (Å²) in [6.07, 6.45) is 6.26. The molecule has 0 aliphatic carbocycles. The Kier molecular flexibility index (Phi) is 8.60. The molecule has 9 aromatic rings. The number of anilines is 2. The second-order valence-electron chi connectivity index (χ2n) is 13.7. The lowest BCUT2D eigenvalue weighted by atomic mass is 9.96. The van der Waals surface area contributed by atoms with Crippen LogP contribution >= 0.6 is 0 Å². The van der Waals surface area contributed by atoms with Crippen molar-refractivity contribution < 1.29 is 0 Å². The smallest absolute Gasteiger partial charge is 0.0536 e. The van der Waals surface area contributed by atoms with E-state index >= 15 is 0 Å². The molecule has 0 aliphatic rings. The van der Waals surface area contributed by atoms with Crippen LogP contribution in [0.3, 0.4) is 0 Å². The maximum absolute atomic E-state index is 4.75. The van der Waals surface area contributed by atoms with E-state index in [0.29, 0.717) is 0 Å². The fourth-order valence-corrected chi connectivity index (χ4v) is 7.82. The molecule has 0 heterocycles. The van der Waals surface area contributed by atoms with Crippen LogP contribution in [0.25, 0.3) is 71.4 Å². The second kappa shape index (κ2) is 14.1. The molecule has 0 atom stereocenters. The Bertz CT molecular complexity index is 2810. The fourth-order valence-electron chi connectivity index (χ4n) is 7.82. The number of nitrogens with zero attached hydrogens (tertiary/aromatic N) is 1. The first-order valence-corrected chi connectivity index (χ1v) is 18.4. The van der Waals surface area contributed by atoms with Crippen LogP contribution in [0.15, 0.2) is 206 Å². The first kappa shape index (κ1) is 32.2. The van der Waals surface area contributed by atoms with Gasteiger partial charge in [0.25, 0.3) is 0 Å². The maximum atomic E-state index is 4.75. The lowest BCUT2D eigenvalue weighted by Crippen LogP contribution is -2.16. The molecule has 0 radical (unpaired) electrons. The Labute approximate surface area is 311 Å². The van der Waals surface area contributed by atoms with Crippen molar-refractivity contribution in [2.24, 2.45) is 0 Å². The third kappa shape index (κ3) is 6.28. The number of allylic oxidation sites excluding steroid dienone is 2. The van der Waals surface area contributed by atoms with Gasteiger partial charge >= 0.3 is 0 Å². The van der Waals surface area contributed by atoms with Crippen molar-refractivity contribution in [2.45, 2.75) is 12.8 Å². The Morgan fingerprint density at radius 1 is 0.453 bits per heavy atom. The maximum Gasteiger partial charge on any atom is 0.0536 e. The zero-order chi connectivity index (χ0) is 35.6. The van der Waals surface area contributed by atoms with Gasteiger partial charge in [-0.25, -0.2) is 0 Å². The van der Waals surface area contributed by atoms with E-state index in [1.54, 1.807) is 0 Å². The lowest BCUT2D eigenvalue weighted by molar-refractivity contribution is 0.941. The molecule has 9 aromatic carbocycles. The van der Waals surface area contributed by atoms with Gasteiger partial charge in [-0.2, -0.15) is 0 Å². The summed E-state index contributed by atoms with van der Waals surface area (Å²) in [7, 11) is 0. The van der Waals surface area contributed by atoms with Crippen LogP contribution in [0.4, 0.5) is 11.4 Å². The standard InChI is InChI=1S/C52H39N/c1-37(16-5-6-20-43-34-44-21-8-10-25-47(44)50-28-12-11-26-48(43)50)53(52-29-14-13-27-49(52)38-17-3-2-4-18-38)45-23-15-22-41(35-45)42-33-32-40-31-30-39-19-7-9-24-46(39)51(40)36-42/h2-4,6-15,17-36H,1,5,16H2/b20-6+. The molecule has 252 valence electrons. The van der Waals surface area contributed by atoms with E-state index < -0.39 is 0 Å². The summed E-state index contributed by atoms with van der Waals surface area (Å²) in [5, 5.41) is 10.2. The van der Waals surface area contributed by atoms with E-state index in [2.05, 4.69) is 205 Å². The third-order valence-electron chi connectivity index (χ3n) is 10.4. The molecule has 0 spiro atoms. The molecular formula is C52H39N. The number of hydrogen-bond acceptors (Lipinski definition) is 1. The van der Waals surface area contributed by atoms with Crippen molar-refractivity contribution in [3.05, 3.63) is 212 Å². The molecule has 0 aliphatic heterocycles. The first-order valence-electron chi connectivity index (χ1n) is 18.4. The lowest BCUT2D eigenvalue weighted by Gasteiger charge is -2.30. The van der Waals surface area contributed by atoms with E-state index in [0.717, 1.165) is 29.9 Å². The number of hydrogen-bond donors (Lipinski definition) is 0. The molecular weight excluding hydrogens is 639 g/mol. The predicted molar refractivity (Wildman–Crippen MR) is 230 cm³/mol. The third-order valence-corrected chi connectivity index (χ3v) is 10.4. The molecule has 0 unspecified atom stereocenters. The molecule has 0 bridgehead atoms. The fraction of sp³-hybridized carbons (Fsp3) is 0.0385. The summed E-state index contributed by atoms with van der Waals surface area (Å²) >= 11 is 0. The summed E-state index contributed by atoms with van der Waals surface area (Å²) in [6, 6.07) is 67.9. The molecule has 0 N–H and O–H groups in total. The number of benzene rings is 9. The van der Waals surface area contributed by atoms with Crippen LogP contribution in [0.1, 0.15) is 18.4 Å². The van der Waals surface area contributed by atoms with Gasteiger partial charge in [0.2, 0.25) is 0 Å². The molecule has 0 saturated heterocycles. The molecule has 1 nitrogen and oxygen atoms in total. The summed E-state index contributed by atoms with van der Waals surface area (Å²) in [4.78, 5) is 2.36. The molecule has 0 saturated carbocycles. The quantitative estimate of drug-likeness (QED) is 0.137. The van der Waals surface area contributed by atoms with Gasteiger partial charge in [0, 0.05) is 16.9 Å². The van der Waals surface area contributed by atoms with Crippen molar-refractivity contribution in [1.29, 1.82) is 0 Å². The number of para-hydroxylation sites is 1. The first-order chi connectivity index (χ1) is 26.2. The van der Waals surface area contributed by atoms with Gasteiger partial charge in [0.15, 0.2) is 0 Å². The average molecular weight is 678 g/mol. The second-order valence-corrected chi connectivity index (χ2v) is 13.7. The van der Waals surface area contributed by atoms with Crippen molar-refractivity contribution >= 4 is 60.5 Å². The highest BCUT2D eigenvalue weighted by Crippen LogP contribution is 2.40. The van der Waals surface area contributed by atoms with E-state index in [4.69, 9.17) is 6.58 Å². The Morgan fingerprint density at radius 2 is 1.06 bits per heavy atom. The summed E-state index contributed by atoms with van der Waals surface area (Å²) < 4.78 is 0. The van der Waals surface area contributed by atoms with Gasteiger partial charge in [-0.3, -0.25) is 0 Å². The number of rotatable bonds is 9. The Hall–Kier alpha value is -6.70. The van der Waals surface area contributed by atoms with Crippen LogP contribution in [0.2, 0.25) is 0 Å². The average Bonchev–Trinajstić information content (AvgIpc) is 3.23. The van der Waals surface area contributed by atoms with Crippen LogP contribution in [0, 0.1) is 0 Å². The van der Waals surface area contributed by atoms with Crippen molar-refractivity contribution in [1.82, 2.24) is 0 Å². The van der Waals surface area contributed by atoms with Crippen molar-refractivity contribution in [3.63, 3.8) is 0 Å². The summed E-state index contributed by atoms with van der Waals surface area (Å²) in [5.41, 5.74) is 9.23. The van der Waals surface area contributed by atoms with Gasteiger partial charge in [-0.05, 0) is 109 Å². The molecule has 9 rings (SSSR count). The van der Waals surface area contributed by atoms with Crippen LogP contribution in [0.5, 0.6) is 0 Å². The zero-order valence-corrected chi connectivity index (χ0v) is 29.6. The molecule has 0 amide bonds. The van der Waals surface area contributed by atoms with E-state index in [-0.39, 0.29) is 0 Å². The predicted octanol–water partition coefficient (Wildman–Crippen LogP) is 14.8. The van der Waals surface area contributed by atoms with Crippen molar-refractivity contribution in [2.75, 3.05) is 4.90 Å². The highest BCUT2D eigenvalue weighted by molar-refractivity contribution is 6.11. The van der Waals surface area contributed by atoms with Gasteiger partial charge in [-0.15, -0.1) is 0 Å². The van der Waals surface area contributed by atoms with Crippen LogP contribution in [-0.2, 0) is 0 Å². The van der Waals surface area contributed by atoms with Gasteiger partial charge < -0.3 is 4.90 Å². The Balaban J connectivity index is 1.08. The normalized spacial score (nSPS) is 11.5. The molecule has 1 heteroatoms. The Morgan fingerprint density at radius 3 is 1.89 bits per heavy atom. The topological polar surface area (TPSA) is 3.24 Å². The zero-order valence-electron chi connectivity index (χ0n) is 29.6. The molecule has 53 heavy (non-hydrogen) atoms. The minimum absolute atomic E-state index is 0.803. The SMILES string of the molecule is C=C(CC/C=C/c1cc2ccccc2c2ccccc12)N(c1cccc(-c2ccc3ccc4ccccc4c3c2)c1)c1ccccc1-c1ccccc1. The largest absolute Gasteiger partial charge is 0.314 e. The van der Waals surface area contributed by atoms with Gasteiger partial charge in [-0.1, -0.05) is 176 Å². The van der Waals surface area contributed by atoms with Crippen LogP contribution < -0.4 is 4.90 Å². The molecule has 0 fully saturated rings.